The van der Waals surface area contributed by atoms with Crippen molar-refractivity contribution in [2.45, 2.75) is 57.6 Å². The minimum absolute atomic E-state index is 0.0783. The molecule has 180 valence electrons. The van der Waals surface area contributed by atoms with E-state index in [1.54, 1.807) is 12.4 Å². The van der Waals surface area contributed by atoms with E-state index >= 15 is 0 Å². The van der Waals surface area contributed by atoms with Gasteiger partial charge in [-0.2, -0.15) is 5.10 Å². The van der Waals surface area contributed by atoms with Crippen LogP contribution in [0.15, 0.2) is 48.8 Å². The summed E-state index contributed by atoms with van der Waals surface area (Å²) >= 11 is 0. The van der Waals surface area contributed by atoms with Crippen molar-refractivity contribution >= 4 is 5.91 Å². The first kappa shape index (κ1) is 23.0. The lowest BCUT2D eigenvalue weighted by molar-refractivity contribution is -0.132. The molecule has 5 rings (SSSR count). The second-order valence-electron chi connectivity index (χ2n) is 10.0. The molecule has 3 heterocycles. The lowest BCUT2D eigenvalue weighted by Crippen LogP contribution is -2.50. The van der Waals surface area contributed by atoms with E-state index in [1.165, 1.54) is 32.4 Å². The Bertz CT molecular complexity index is 1040. The first-order chi connectivity index (χ1) is 16.6. The highest BCUT2D eigenvalue weighted by atomic mass is 16.5. The standard InChI is InChI=1S/C27H35N5O2/c1-27(12-9-22-21(19-27)25(31-30-22)20-10-13-28-14-11-20)26(33)29-23-7-3-4-8-24(23)34-18-17-32-15-5-2-6-16-32/h3-4,7-8,10-11,13-14,23-24H,2,5-6,9,12,15-19H2,1H3,(H,29,33)(H,30,31). The Kier molecular flexibility index (Phi) is 6.92. The van der Waals surface area contributed by atoms with Crippen molar-refractivity contribution in [1.82, 2.24) is 25.4 Å². The Labute approximate surface area is 201 Å². The van der Waals surface area contributed by atoms with Gasteiger partial charge in [-0.3, -0.25) is 14.9 Å². The molecule has 7 heteroatoms. The van der Waals surface area contributed by atoms with Crippen LogP contribution < -0.4 is 5.32 Å². The molecular weight excluding hydrogens is 426 g/mol. The third-order valence-electron chi connectivity index (χ3n) is 7.50. The minimum atomic E-state index is -0.494. The van der Waals surface area contributed by atoms with Gasteiger partial charge in [0, 0.05) is 35.8 Å². The molecule has 0 radical (unpaired) electrons. The van der Waals surface area contributed by atoms with Gasteiger partial charge in [0.1, 0.15) is 0 Å². The van der Waals surface area contributed by atoms with E-state index in [1.807, 2.05) is 30.4 Å². The van der Waals surface area contributed by atoms with Crippen LogP contribution in [-0.2, 0) is 22.4 Å². The SMILES string of the molecule is CC1(C(=O)NC2C=CC=CC2OCCN2CCCCC2)CCc2[nH]nc(-c3ccncc3)c2C1. The first-order valence-corrected chi connectivity index (χ1v) is 12.6. The number of allylic oxidation sites excluding steroid dienone is 2. The molecule has 34 heavy (non-hydrogen) atoms. The molecule has 1 aliphatic heterocycles. The average Bonchev–Trinajstić information content (AvgIpc) is 3.29. The highest BCUT2D eigenvalue weighted by Gasteiger charge is 2.40. The molecule has 2 N–H and O–H groups in total. The lowest BCUT2D eigenvalue weighted by Gasteiger charge is -2.35. The van der Waals surface area contributed by atoms with Crippen molar-refractivity contribution in [2.24, 2.45) is 5.41 Å². The van der Waals surface area contributed by atoms with Gasteiger partial charge in [-0.1, -0.05) is 37.6 Å². The van der Waals surface area contributed by atoms with E-state index in [4.69, 9.17) is 4.74 Å². The van der Waals surface area contributed by atoms with Crippen LogP contribution >= 0.6 is 0 Å². The highest BCUT2D eigenvalue weighted by molar-refractivity contribution is 5.84. The molecule has 1 amide bonds. The lowest BCUT2D eigenvalue weighted by atomic mass is 9.73. The van der Waals surface area contributed by atoms with E-state index in [0.717, 1.165) is 41.9 Å². The number of pyridine rings is 1. The Morgan fingerprint density at radius 2 is 2.00 bits per heavy atom. The summed E-state index contributed by atoms with van der Waals surface area (Å²) in [5, 5.41) is 11.1. The summed E-state index contributed by atoms with van der Waals surface area (Å²) in [6.45, 7) is 6.04. The summed E-state index contributed by atoms with van der Waals surface area (Å²) in [7, 11) is 0. The summed E-state index contributed by atoms with van der Waals surface area (Å²) in [5.74, 6) is 0.0783. The van der Waals surface area contributed by atoms with Crippen LogP contribution in [0.5, 0.6) is 0 Å². The molecule has 0 bridgehead atoms. The van der Waals surface area contributed by atoms with Gasteiger partial charge >= 0.3 is 0 Å². The summed E-state index contributed by atoms with van der Waals surface area (Å²) in [5.41, 5.74) is 3.74. The van der Waals surface area contributed by atoms with Crippen molar-refractivity contribution < 1.29 is 9.53 Å². The third-order valence-corrected chi connectivity index (χ3v) is 7.50. The van der Waals surface area contributed by atoms with Crippen molar-refractivity contribution in [1.29, 1.82) is 0 Å². The molecule has 3 aliphatic rings. The zero-order valence-electron chi connectivity index (χ0n) is 20.0. The number of aryl methyl sites for hydroxylation is 1. The maximum atomic E-state index is 13.6. The minimum Gasteiger partial charge on any atom is -0.370 e. The molecule has 1 saturated heterocycles. The van der Waals surface area contributed by atoms with E-state index in [2.05, 4.69) is 38.4 Å². The zero-order valence-corrected chi connectivity index (χ0v) is 20.0. The number of rotatable bonds is 7. The fourth-order valence-electron chi connectivity index (χ4n) is 5.32. The van der Waals surface area contributed by atoms with Gasteiger partial charge < -0.3 is 15.0 Å². The Balaban J connectivity index is 1.22. The number of likely N-dealkylation sites (tertiary alicyclic amines) is 1. The number of ether oxygens (including phenoxy) is 1. The number of carbonyl (C=O) groups excluding carboxylic acids is 1. The maximum Gasteiger partial charge on any atom is 0.226 e. The number of carbonyl (C=O) groups is 1. The molecule has 0 spiro atoms. The Morgan fingerprint density at radius 3 is 2.82 bits per heavy atom. The fourth-order valence-corrected chi connectivity index (χ4v) is 5.32. The third kappa shape index (κ3) is 5.00. The van der Waals surface area contributed by atoms with Gasteiger partial charge in [-0.05, 0) is 57.3 Å². The predicted molar refractivity (Wildman–Crippen MR) is 132 cm³/mol. The number of aromatic nitrogens is 3. The topological polar surface area (TPSA) is 83.1 Å². The number of H-pyrrole nitrogens is 1. The molecule has 1 fully saturated rings. The van der Waals surface area contributed by atoms with Crippen molar-refractivity contribution in [3.63, 3.8) is 0 Å². The number of fused-ring (bicyclic) bond motifs is 1. The fraction of sp³-hybridized carbons (Fsp3) is 0.519. The van der Waals surface area contributed by atoms with Gasteiger partial charge in [0.05, 0.1) is 29.9 Å². The van der Waals surface area contributed by atoms with Crippen LogP contribution in [0.3, 0.4) is 0 Å². The van der Waals surface area contributed by atoms with Crippen molar-refractivity contribution in [3.05, 3.63) is 60.1 Å². The second kappa shape index (κ2) is 10.2. The maximum absolute atomic E-state index is 13.6. The summed E-state index contributed by atoms with van der Waals surface area (Å²) in [4.78, 5) is 20.2. The molecular formula is C27H35N5O2. The van der Waals surface area contributed by atoms with Crippen LogP contribution in [0.1, 0.15) is 43.9 Å². The number of nitrogens with zero attached hydrogens (tertiary/aromatic N) is 3. The quantitative estimate of drug-likeness (QED) is 0.660. The monoisotopic (exact) mass is 461 g/mol. The Hall–Kier alpha value is -2.77. The number of nitrogens with one attached hydrogen (secondary N) is 2. The first-order valence-electron chi connectivity index (χ1n) is 12.6. The highest BCUT2D eigenvalue weighted by Crippen LogP contribution is 2.39. The molecule has 3 unspecified atom stereocenters. The van der Waals surface area contributed by atoms with E-state index < -0.39 is 5.41 Å². The van der Waals surface area contributed by atoms with Gasteiger partial charge in [0.25, 0.3) is 0 Å². The molecule has 0 saturated carbocycles. The molecule has 2 aromatic rings. The van der Waals surface area contributed by atoms with E-state index in [9.17, 15) is 4.79 Å². The van der Waals surface area contributed by atoms with Gasteiger partial charge in [-0.25, -0.2) is 0 Å². The van der Waals surface area contributed by atoms with E-state index in [-0.39, 0.29) is 18.1 Å². The van der Waals surface area contributed by atoms with Crippen LogP contribution in [0.25, 0.3) is 11.3 Å². The van der Waals surface area contributed by atoms with Crippen LogP contribution in [0.4, 0.5) is 0 Å². The summed E-state index contributed by atoms with van der Waals surface area (Å²) < 4.78 is 6.22. The second-order valence-corrected chi connectivity index (χ2v) is 10.0. The molecule has 3 atom stereocenters. The number of amides is 1. The van der Waals surface area contributed by atoms with Gasteiger partial charge in [0.2, 0.25) is 5.91 Å². The molecule has 7 nitrogen and oxygen atoms in total. The largest absolute Gasteiger partial charge is 0.370 e. The van der Waals surface area contributed by atoms with Crippen molar-refractivity contribution in [3.8, 4) is 11.3 Å². The van der Waals surface area contributed by atoms with Crippen LogP contribution in [0.2, 0.25) is 0 Å². The van der Waals surface area contributed by atoms with E-state index in [0.29, 0.717) is 13.0 Å². The van der Waals surface area contributed by atoms with Crippen LogP contribution in [0, 0.1) is 5.41 Å². The smallest absolute Gasteiger partial charge is 0.226 e. The molecule has 0 aromatic carbocycles. The number of hydrogen-bond acceptors (Lipinski definition) is 5. The predicted octanol–water partition coefficient (Wildman–Crippen LogP) is 3.45. The van der Waals surface area contributed by atoms with Crippen LogP contribution in [-0.4, -0.2) is 64.4 Å². The van der Waals surface area contributed by atoms with Crippen molar-refractivity contribution in [2.75, 3.05) is 26.2 Å². The number of aromatic amines is 1. The number of hydrogen-bond donors (Lipinski definition) is 2. The normalized spacial score (nSPS) is 26.9. The number of piperidine rings is 1. The van der Waals surface area contributed by atoms with Gasteiger partial charge in [-0.15, -0.1) is 0 Å². The zero-order chi connectivity index (χ0) is 23.4. The summed E-state index contributed by atoms with van der Waals surface area (Å²) in [6.07, 6.45) is 17.7. The summed E-state index contributed by atoms with van der Waals surface area (Å²) in [6, 6.07) is 3.78. The molecule has 2 aromatic heterocycles. The molecule has 2 aliphatic carbocycles. The average molecular weight is 462 g/mol. The Morgan fingerprint density at radius 1 is 1.21 bits per heavy atom. The van der Waals surface area contributed by atoms with Gasteiger partial charge in [0.15, 0.2) is 0 Å².